The normalized spacial score (nSPS) is 28.5. The van der Waals surface area contributed by atoms with Gasteiger partial charge in [-0.05, 0) is 0 Å². The van der Waals surface area contributed by atoms with Gasteiger partial charge in [0.25, 0.3) is 0 Å². The van der Waals surface area contributed by atoms with E-state index in [-0.39, 0.29) is 5.82 Å². The van der Waals surface area contributed by atoms with Gasteiger partial charge in [-0.3, -0.25) is 4.57 Å². The van der Waals surface area contributed by atoms with Crippen LogP contribution >= 0.6 is 27.7 Å². The molecular weight excluding hydrogens is 374 g/mol. The fraction of sp³-hybridized carbons (Fsp3) is 0.583. The van der Waals surface area contributed by atoms with Crippen molar-refractivity contribution in [3.05, 3.63) is 12.7 Å². The average molecular weight is 390 g/mol. The van der Waals surface area contributed by atoms with Crippen molar-refractivity contribution in [3.63, 3.8) is 0 Å². The molecule has 0 aromatic carbocycles. The third-order valence-corrected chi connectivity index (χ3v) is 5.48. The van der Waals surface area contributed by atoms with E-state index in [1.165, 1.54) is 12.7 Å². The largest absolute Gasteiger partial charge is 0.387 e. The number of rotatable bonds is 5. The molecule has 1 aliphatic heterocycles. The number of aromatic nitrogens is 4. The molecule has 4 N–H and O–H groups in total. The molecule has 120 valence electrons. The third kappa shape index (κ3) is 2.81. The average Bonchev–Trinajstić information content (AvgIpc) is 3.05. The summed E-state index contributed by atoms with van der Waals surface area (Å²) in [6.07, 6.45) is -0.376. The van der Waals surface area contributed by atoms with Gasteiger partial charge in [-0.1, -0.05) is 15.9 Å². The Balaban J connectivity index is 1.83. The maximum absolute atomic E-state index is 10.3. The highest BCUT2D eigenvalue weighted by atomic mass is 79.9. The summed E-state index contributed by atoms with van der Waals surface area (Å²) in [5, 5.41) is 21.3. The maximum Gasteiger partial charge on any atom is 0.167 e. The molecule has 3 heterocycles. The second-order valence-electron chi connectivity index (χ2n) is 4.89. The highest BCUT2D eigenvalue weighted by Gasteiger charge is 2.44. The second-order valence-corrected chi connectivity index (χ2v) is 6.84. The number of fused-ring (bicyclic) bond motifs is 1. The van der Waals surface area contributed by atoms with Gasteiger partial charge in [-0.2, -0.15) is 11.8 Å². The number of anilines is 1. The fourth-order valence-electron chi connectivity index (χ4n) is 2.41. The van der Waals surface area contributed by atoms with Gasteiger partial charge >= 0.3 is 0 Å². The number of nitrogens with zero attached hydrogens (tertiary/aromatic N) is 4. The van der Waals surface area contributed by atoms with Crippen molar-refractivity contribution < 1.29 is 14.9 Å². The minimum absolute atomic E-state index is 0.265. The molecule has 4 atom stereocenters. The van der Waals surface area contributed by atoms with E-state index in [0.717, 1.165) is 11.1 Å². The van der Waals surface area contributed by atoms with Crippen LogP contribution in [0.5, 0.6) is 0 Å². The van der Waals surface area contributed by atoms with Gasteiger partial charge in [0.15, 0.2) is 17.7 Å². The van der Waals surface area contributed by atoms with Crippen LogP contribution in [0, 0.1) is 0 Å². The van der Waals surface area contributed by atoms with Gasteiger partial charge in [-0.25, -0.2) is 15.0 Å². The molecule has 8 nitrogen and oxygen atoms in total. The van der Waals surface area contributed by atoms with Crippen LogP contribution in [0.3, 0.4) is 0 Å². The quantitative estimate of drug-likeness (QED) is 0.488. The van der Waals surface area contributed by atoms with Gasteiger partial charge in [-0.15, -0.1) is 0 Å². The summed E-state index contributed by atoms with van der Waals surface area (Å²) in [5.41, 5.74) is 6.67. The Morgan fingerprint density at radius 3 is 2.91 bits per heavy atom. The smallest absolute Gasteiger partial charge is 0.167 e. The molecule has 1 saturated heterocycles. The lowest BCUT2D eigenvalue weighted by atomic mass is 10.1. The zero-order valence-corrected chi connectivity index (χ0v) is 13.9. The molecule has 0 unspecified atom stereocenters. The number of nitrogens with two attached hydrogens (primary N) is 1. The minimum Gasteiger partial charge on any atom is -0.387 e. The molecule has 1 fully saturated rings. The van der Waals surface area contributed by atoms with Crippen molar-refractivity contribution in [2.45, 2.75) is 24.5 Å². The fourth-order valence-corrected chi connectivity index (χ4v) is 3.88. The van der Waals surface area contributed by atoms with Crippen LogP contribution in [-0.4, -0.2) is 64.9 Å². The number of thioether (sulfide) groups is 1. The summed E-state index contributed by atoms with van der Waals surface area (Å²) >= 11 is 5.00. The predicted octanol–water partition coefficient (Wildman–Crippen LogP) is 0.156. The Kier molecular flexibility index (Phi) is 4.83. The Labute approximate surface area is 139 Å². The lowest BCUT2D eigenvalue weighted by Gasteiger charge is -2.16. The molecule has 0 amide bonds. The van der Waals surface area contributed by atoms with Crippen molar-refractivity contribution in [2.75, 3.05) is 22.6 Å². The summed E-state index contributed by atoms with van der Waals surface area (Å²) in [6, 6.07) is 0. The molecule has 0 bridgehead atoms. The number of imidazole rings is 1. The third-order valence-electron chi connectivity index (χ3n) is 3.50. The van der Waals surface area contributed by atoms with E-state index < -0.39 is 24.5 Å². The van der Waals surface area contributed by atoms with Crippen LogP contribution in [0.2, 0.25) is 0 Å². The summed E-state index contributed by atoms with van der Waals surface area (Å²) in [5.74, 6) is 1.77. The van der Waals surface area contributed by atoms with Gasteiger partial charge in [0.1, 0.15) is 24.1 Å². The maximum atomic E-state index is 10.3. The molecule has 10 heteroatoms. The minimum atomic E-state index is -1.05. The summed E-state index contributed by atoms with van der Waals surface area (Å²) in [7, 11) is 0. The number of hydrogen-bond acceptors (Lipinski definition) is 8. The van der Waals surface area contributed by atoms with Crippen molar-refractivity contribution in [1.82, 2.24) is 19.5 Å². The van der Waals surface area contributed by atoms with Crippen LogP contribution in [0.25, 0.3) is 11.2 Å². The van der Waals surface area contributed by atoms with E-state index in [1.807, 2.05) is 0 Å². The first-order valence-electron chi connectivity index (χ1n) is 6.71. The Morgan fingerprint density at radius 2 is 2.14 bits per heavy atom. The van der Waals surface area contributed by atoms with E-state index in [0.29, 0.717) is 16.9 Å². The molecule has 0 spiro atoms. The number of halogens is 1. The number of alkyl halides is 1. The first-order valence-corrected chi connectivity index (χ1v) is 8.99. The van der Waals surface area contributed by atoms with Crippen molar-refractivity contribution >= 4 is 44.7 Å². The number of aliphatic hydroxyl groups excluding tert-OH is 2. The van der Waals surface area contributed by atoms with Crippen LogP contribution in [0.15, 0.2) is 12.7 Å². The molecule has 0 aliphatic carbocycles. The van der Waals surface area contributed by atoms with Gasteiger partial charge in [0.05, 0.1) is 12.4 Å². The number of nitrogen functional groups attached to an aromatic ring is 1. The first-order chi connectivity index (χ1) is 10.6. The van der Waals surface area contributed by atoms with Crippen LogP contribution in [-0.2, 0) is 4.74 Å². The van der Waals surface area contributed by atoms with Crippen LogP contribution in [0.1, 0.15) is 6.23 Å². The number of ether oxygens (including phenoxy) is 1. The standard InChI is InChI=1S/C12H16BrN5O3S/c13-1-2-22-3-6-8(19)9(20)12(21-6)18-5-17-7-10(14)15-4-16-11(7)18/h4-6,8-9,12,19-20H,1-3H2,(H2,14,15,16)/t6-,8-,9-,12-/m1/s1. The van der Waals surface area contributed by atoms with Crippen LogP contribution in [0.4, 0.5) is 5.82 Å². The highest BCUT2D eigenvalue weighted by molar-refractivity contribution is 9.09. The summed E-state index contributed by atoms with van der Waals surface area (Å²) in [4.78, 5) is 12.2. The predicted molar refractivity (Wildman–Crippen MR) is 86.8 cm³/mol. The van der Waals surface area contributed by atoms with E-state index >= 15 is 0 Å². The first kappa shape index (κ1) is 15.9. The van der Waals surface area contributed by atoms with E-state index in [2.05, 4.69) is 30.9 Å². The Morgan fingerprint density at radius 1 is 1.32 bits per heavy atom. The summed E-state index contributed by atoms with van der Waals surface area (Å²) in [6.45, 7) is 0. The SMILES string of the molecule is Nc1ncnc2c1ncn2[C@@H]1O[C@H](CSCCBr)[C@@H](O)[C@H]1O. The summed E-state index contributed by atoms with van der Waals surface area (Å²) < 4.78 is 7.39. The topological polar surface area (TPSA) is 119 Å². The van der Waals surface area contributed by atoms with Gasteiger partial charge < -0.3 is 20.7 Å². The molecule has 0 radical (unpaired) electrons. The van der Waals surface area contributed by atoms with E-state index in [1.54, 1.807) is 16.3 Å². The second kappa shape index (κ2) is 6.67. The zero-order chi connectivity index (χ0) is 15.7. The van der Waals surface area contributed by atoms with Crippen molar-refractivity contribution in [2.24, 2.45) is 0 Å². The molecular formula is C12H16BrN5O3S. The molecule has 0 saturated carbocycles. The Bertz CT molecular complexity index is 657. The lowest BCUT2D eigenvalue weighted by Crippen LogP contribution is -2.32. The lowest BCUT2D eigenvalue weighted by molar-refractivity contribution is -0.0288. The van der Waals surface area contributed by atoms with E-state index in [9.17, 15) is 10.2 Å². The zero-order valence-electron chi connectivity index (χ0n) is 11.5. The van der Waals surface area contributed by atoms with Crippen molar-refractivity contribution in [3.8, 4) is 0 Å². The Hall–Kier alpha value is -0.940. The number of hydrogen-bond donors (Lipinski definition) is 3. The molecule has 2 aromatic heterocycles. The monoisotopic (exact) mass is 389 g/mol. The highest BCUT2D eigenvalue weighted by Crippen LogP contribution is 2.33. The molecule has 2 aromatic rings. The van der Waals surface area contributed by atoms with Crippen molar-refractivity contribution in [1.29, 1.82) is 0 Å². The molecule has 3 rings (SSSR count). The number of aliphatic hydroxyl groups is 2. The molecule has 1 aliphatic rings. The van der Waals surface area contributed by atoms with Gasteiger partial charge in [0, 0.05) is 16.8 Å². The molecule has 22 heavy (non-hydrogen) atoms. The van der Waals surface area contributed by atoms with Crippen LogP contribution < -0.4 is 5.73 Å². The van der Waals surface area contributed by atoms with Gasteiger partial charge in [0.2, 0.25) is 0 Å². The van der Waals surface area contributed by atoms with E-state index in [4.69, 9.17) is 10.5 Å².